The second kappa shape index (κ2) is 9.80. The van der Waals surface area contributed by atoms with Gasteiger partial charge in [0.2, 0.25) is 0 Å². The number of aliphatic carboxylic acids is 1. The summed E-state index contributed by atoms with van der Waals surface area (Å²) in [6, 6.07) is 14.9. The van der Waals surface area contributed by atoms with Gasteiger partial charge in [-0.1, -0.05) is 12.1 Å². The fourth-order valence-electron chi connectivity index (χ4n) is 3.41. The molecule has 1 fully saturated rings. The monoisotopic (exact) mass is 421 g/mol. The summed E-state index contributed by atoms with van der Waals surface area (Å²) in [5.74, 6) is -1.67. The number of amides is 1. The van der Waals surface area contributed by atoms with Crippen LogP contribution in [0.2, 0.25) is 0 Å². The summed E-state index contributed by atoms with van der Waals surface area (Å²) in [6.07, 6.45) is 5.51. The van der Waals surface area contributed by atoms with Gasteiger partial charge in [0, 0.05) is 37.2 Å². The number of nitrogens with zero attached hydrogens (tertiary/aromatic N) is 3. The summed E-state index contributed by atoms with van der Waals surface area (Å²) in [5.41, 5.74) is 14.4. The molecule has 2 aliphatic heterocycles. The van der Waals surface area contributed by atoms with Gasteiger partial charge in [-0.3, -0.25) is 4.79 Å². The van der Waals surface area contributed by atoms with Crippen LogP contribution in [0.3, 0.4) is 0 Å². The van der Waals surface area contributed by atoms with E-state index in [1.807, 2.05) is 12.1 Å². The maximum absolute atomic E-state index is 11.7. The SMILES string of the molecule is CN1N=C(C(=O)O)/C(=C/c2ccc(N)cc2)C1=O.Nc1ccc(N2CCCCC2)cc1. The van der Waals surface area contributed by atoms with Gasteiger partial charge in [0.1, 0.15) is 0 Å². The average Bonchev–Trinajstić information content (AvgIpc) is 3.06. The van der Waals surface area contributed by atoms with Gasteiger partial charge in [0.25, 0.3) is 5.91 Å². The van der Waals surface area contributed by atoms with Crippen molar-refractivity contribution in [1.82, 2.24) is 5.01 Å². The fraction of sp³-hybridized carbons (Fsp3) is 0.261. The lowest BCUT2D eigenvalue weighted by Crippen LogP contribution is -2.29. The van der Waals surface area contributed by atoms with Crippen LogP contribution in [-0.2, 0) is 9.59 Å². The summed E-state index contributed by atoms with van der Waals surface area (Å²) in [4.78, 5) is 25.2. The number of piperidine rings is 1. The topological polar surface area (TPSA) is 125 Å². The number of nitrogen functional groups attached to an aromatic ring is 2. The first-order chi connectivity index (χ1) is 14.8. The molecule has 0 bridgehead atoms. The Morgan fingerprint density at radius 2 is 1.52 bits per heavy atom. The highest BCUT2D eigenvalue weighted by Gasteiger charge is 2.31. The van der Waals surface area contributed by atoms with Crippen LogP contribution in [0.15, 0.2) is 59.2 Å². The molecule has 0 unspecified atom stereocenters. The Balaban J connectivity index is 0.000000185. The van der Waals surface area contributed by atoms with Crippen molar-refractivity contribution in [1.29, 1.82) is 0 Å². The molecular weight excluding hydrogens is 394 g/mol. The molecule has 2 aromatic carbocycles. The second-order valence-corrected chi connectivity index (χ2v) is 7.45. The van der Waals surface area contributed by atoms with Crippen molar-refractivity contribution >= 4 is 40.7 Å². The normalized spacial score (nSPS) is 17.3. The van der Waals surface area contributed by atoms with E-state index in [1.165, 1.54) is 51.2 Å². The van der Waals surface area contributed by atoms with Crippen molar-refractivity contribution < 1.29 is 14.7 Å². The van der Waals surface area contributed by atoms with Gasteiger partial charge in [-0.05, 0) is 67.3 Å². The number of likely N-dealkylation sites (N-methyl/N-ethyl adjacent to an activating group) is 1. The molecule has 1 amide bonds. The van der Waals surface area contributed by atoms with Gasteiger partial charge < -0.3 is 21.5 Å². The number of benzene rings is 2. The molecule has 0 aromatic heterocycles. The third kappa shape index (κ3) is 5.63. The Kier molecular flexibility index (Phi) is 6.92. The minimum Gasteiger partial charge on any atom is -0.476 e. The number of hydrazone groups is 1. The third-order valence-electron chi connectivity index (χ3n) is 5.09. The lowest BCUT2D eigenvalue weighted by Gasteiger charge is -2.28. The van der Waals surface area contributed by atoms with E-state index in [-0.39, 0.29) is 11.3 Å². The Labute approximate surface area is 181 Å². The Morgan fingerprint density at radius 1 is 0.968 bits per heavy atom. The lowest BCUT2D eigenvalue weighted by molar-refractivity contribution is -0.129. The van der Waals surface area contributed by atoms with Gasteiger partial charge in [-0.2, -0.15) is 5.10 Å². The highest BCUT2D eigenvalue weighted by molar-refractivity contribution is 6.51. The molecule has 1 saturated heterocycles. The molecule has 31 heavy (non-hydrogen) atoms. The molecule has 2 aromatic rings. The van der Waals surface area contributed by atoms with E-state index in [1.54, 1.807) is 24.3 Å². The van der Waals surface area contributed by atoms with E-state index < -0.39 is 11.9 Å². The number of carbonyl (C=O) groups is 2. The van der Waals surface area contributed by atoms with E-state index in [0.29, 0.717) is 11.3 Å². The van der Waals surface area contributed by atoms with E-state index in [4.69, 9.17) is 16.6 Å². The molecular formula is C23H27N5O3. The molecule has 2 aliphatic rings. The zero-order chi connectivity index (χ0) is 22.4. The van der Waals surface area contributed by atoms with E-state index in [2.05, 4.69) is 22.1 Å². The van der Waals surface area contributed by atoms with E-state index in [0.717, 1.165) is 10.7 Å². The first kappa shape index (κ1) is 21.9. The van der Waals surface area contributed by atoms with Gasteiger partial charge in [0.15, 0.2) is 5.71 Å². The second-order valence-electron chi connectivity index (χ2n) is 7.45. The van der Waals surface area contributed by atoms with Crippen LogP contribution >= 0.6 is 0 Å². The number of carboxylic acids is 1. The standard InChI is InChI=1S/C12H11N3O3.C11H16N2/c1-15-11(16)9(10(14-15)12(17)18)6-7-2-4-8(13)5-3-7;12-10-4-6-11(7-5-10)13-8-2-1-3-9-13/h2-6H,13H2,1H3,(H,17,18);4-7H,1-3,8-9,12H2/b9-6-;. The van der Waals surface area contributed by atoms with Crippen molar-refractivity contribution in [2.24, 2.45) is 5.10 Å². The number of rotatable bonds is 3. The van der Waals surface area contributed by atoms with Crippen molar-refractivity contribution in [3.63, 3.8) is 0 Å². The third-order valence-corrected chi connectivity index (χ3v) is 5.09. The van der Waals surface area contributed by atoms with E-state index in [9.17, 15) is 9.59 Å². The molecule has 8 heteroatoms. The number of nitrogens with two attached hydrogens (primary N) is 2. The highest BCUT2D eigenvalue weighted by Crippen LogP contribution is 2.20. The lowest BCUT2D eigenvalue weighted by atomic mass is 10.1. The number of hydrogen-bond acceptors (Lipinski definition) is 6. The summed E-state index contributed by atoms with van der Waals surface area (Å²) in [7, 11) is 1.41. The zero-order valence-corrected chi connectivity index (χ0v) is 17.5. The molecule has 4 rings (SSSR count). The van der Waals surface area contributed by atoms with Crippen LogP contribution in [0.4, 0.5) is 17.1 Å². The van der Waals surface area contributed by atoms with Crippen LogP contribution in [0, 0.1) is 0 Å². The first-order valence-corrected chi connectivity index (χ1v) is 10.1. The van der Waals surface area contributed by atoms with Crippen LogP contribution in [-0.4, -0.2) is 47.8 Å². The Bertz CT molecular complexity index is 991. The molecule has 0 saturated carbocycles. The molecule has 0 spiro atoms. The molecule has 5 N–H and O–H groups in total. The predicted molar refractivity (Wildman–Crippen MR) is 124 cm³/mol. The van der Waals surface area contributed by atoms with Crippen LogP contribution in [0.25, 0.3) is 6.08 Å². The fourth-order valence-corrected chi connectivity index (χ4v) is 3.41. The van der Waals surface area contributed by atoms with Crippen LogP contribution in [0.5, 0.6) is 0 Å². The maximum Gasteiger partial charge on any atom is 0.357 e. The summed E-state index contributed by atoms with van der Waals surface area (Å²) in [6.45, 7) is 2.40. The molecule has 0 radical (unpaired) electrons. The van der Waals surface area contributed by atoms with Gasteiger partial charge in [-0.25, -0.2) is 9.80 Å². The highest BCUT2D eigenvalue weighted by atomic mass is 16.4. The van der Waals surface area contributed by atoms with Crippen LogP contribution < -0.4 is 16.4 Å². The Hall–Kier alpha value is -3.81. The molecule has 0 atom stereocenters. The quantitative estimate of drug-likeness (QED) is 0.517. The number of hydrogen-bond donors (Lipinski definition) is 3. The summed E-state index contributed by atoms with van der Waals surface area (Å²) >= 11 is 0. The van der Waals surface area contributed by atoms with Gasteiger partial charge >= 0.3 is 5.97 Å². The van der Waals surface area contributed by atoms with Crippen molar-refractivity contribution in [2.45, 2.75) is 19.3 Å². The predicted octanol–water partition coefficient (Wildman–Crippen LogP) is 2.82. The van der Waals surface area contributed by atoms with Crippen molar-refractivity contribution in [3.8, 4) is 0 Å². The number of anilines is 3. The average molecular weight is 422 g/mol. The van der Waals surface area contributed by atoms with E-state index >= 15 is 0 Å². The van der Waals surface area contributed by atoms with Crippen LogP contribution in [0.1, 0.15) is 24.8 Å². The Morgan fingerprint density at radius 3 is 2.06 bits per heavy atom. The largest absolute Gasteiger partial charge is 0.476 e. The smallest absolute Gasteiger partial charge is 0.357 e. The molecule has 0 aliphatic carbocycles. The van der Waals surface area contributed by atoms with Gasteiger partial charge in [0.05, 0.1) is 5.57 Å². The number of carbonyl (C=O) groups excluding carboxylic acids is 1. The molecule has 162 valence electrons. The minimum absolute atomic E-state index is 0.0646. The van der Waals surface area contributed by atoms with Crippen molar-refractivity contribution in [2.75, 3.05) is 36.5 Å². The van der Waals surface area contributed by atoms with Crippen molar-refractivity contribution in [3.05, 3.63) is 59.7 Å². The first-order valence-electron chi connectivity index (χ1n) is 10.1. The summed E-state index contributed by atoms with van der Waals surface area (Å²) in [5, 5.41) is 13.6. The van der Waals surface area contributed by atoms with Gasteiger partial charge in [-0.15, -0.1) is 0 Å². The number of carboxylic acid groups (broad SMARTS) is 1. The zero-order valence-electron chi connectivity index (χ0n) is 17.5. The minimum atomic E-state index is -1.23. The molecule has 2 heterocycles. The molecule has 8 nitrogen and oxygen atoms in total. The summed E-state index contributed by atoms with van der Waals surface area (Å²) < 4.78 is 0. The maximum atomic E-state index is 11.7.